The molecule has 2 amide bonds. The summed E-state index contributed by atoms with van der Waals surface area (Å²) >= 11 is 1.19. The number of aromatic nitrogens is 1. The van der Waals surface area contributed by atoms with Crippen molar-refractivity contribution in [3.05, 3.63) is 40.4 Å². The number of hydrogen-bond acceptors (Lipinski definition) is 5. The highest BCUT2D eigenvalue weighted by molar-refractivity contribution is 7.14. The van der Waals surface area contributed by atoms with E-state index in [-0.39, 0.29) is 11.6 Å². The Balaban J connectivity index is 1.85. The summed E-state index contributed by atoms with van der Waals surface area (Å²) in [6, 6.07) is 5.89. The van der Waals surface area contributed by atoms with Crippen molar-refractivity contribution in [1.82, 2.24) is 4.98 Å². The highest BCUT2D eigenvalue weighted by Crippen LogP contribution is 2.27. The first-order chi connectivity index (χ1) is 11.0. The van der Waals surface area contributed by atoms with Gasteiger partial charge in [-0.05, 0) is 31.9 Å². The number of nitrogens with one attached hydrogen (secondary N) is 1. The van der Waals surface area contributed by atoms with Gasteiger partial charge < -0.3 is 10.6 Å². The Morgan fingerprint density at radius 3 is 2.70 bits per heavy atom. The maximum Gasteiger partial charge on any atom is 0.268 e. The predicted molar refractivity (Wildman–Crippen MR) is 91.2 cm³/mol. The van der Waals surface area contributed by atoms with E-state index >= 15 is 0 Å². The number of nitrogens with two attached hydrogens (primary N) is 1. The minimum atomic E-state index is -0.602. The Bertz CT molecular complexity index is 750. The van der Waals surface area contributed by atoms with Crippen molar-refractivity contribution in [2.24, 2.45) is 5.73 Å². The molecule has 0 saturated carbocycles. The lowest BCUT2D eigenvalue weighted by Crippen LogP contribution is -2.23. The first-order valence-corrected chi connectivity index (χ1v) is 8.35. The molecule has 0 radical (unpaired) electrons. The van der Waals surface area contributed by atoms with Crippen LogP contribution in [0.15, 0.2) is 23.6 Å². The zero-order chi connectivity index (χ0) is 16.4. The average Bonchev–Trinajstić information content (AvgIpc) is 3.18. The number of carbonyl (C=O) groups is 2. The molecule has 7 heteroatoms. The normalized spacial score (nSPS) is 14.0. The van der Waals surface area contributed by atoms with Crippen LogP contribution in [0.1, 0.15) is 39.3 Å². The van der Waals surface area contributed by atoms with Gasteiger partial charge in [-0.15, -0.1) is 11.3 Å². The van der Waals surface area contributed by atoms with Gasteiger partial charge in [0.15, 0.2) is 5.13 Å². The molecule has 23 heavy (non-hydrogen) atoms. The molecule has 3 rings (SSSR count). The first kappa shape index (κ1) is 15.5. The highest BCUT2D eigenvalue weighted by Gasteiger charge is 2.20. The van der Waals surface area contributed by atoms with E-state index in [2.05, 4.69) is 15.2 Å². The number of thiazole rings is 1. The minimum Gasteiger partial charge on any atom is -0.371 e. The minimum absolute atomic E-state index is 0.161. The third kappa shape index (κ3) is 3.34. The van der Waals surface area contributed by atoms with E-state index in [4.69, 9.17) is 5.73 Å². The van der Waals surface area contributed by atoms with Gasteiger partial charge in [-0.25, -0.2) is 4.98 Å². The summed E-state index contributed by atoms with van der Waals surface area (Å²) in [5.41, 5.74) is 7.94. The number of nitrogens with zero attached hydrogens (tertiary/aromatic N) is 2. The smallest absolute Gasteiger partial charge is 0.268 e. The largest absolute Gasteiger partial charge is 0.371 e. The van der Waals surface area contributed by atoms with Crippen molar-refractivity contribution < 1.29 is 9.59 Å². The Morgan fingerprint density at radius 2 is 2.04 bits per heavy atom. The Kier molecular flexibility index (Phi) is 4.29. The van der Waals surface area contributed by atoms with Crippen LogP contribution in [0.4, 0.5) is 10.8 Å². The second kappa shape index (κ2) is 6.37. The van der Waals surface area contributed by atoms with Crippen LogP contribution in [-0.2, 0) is 0 Å². The van der Waals surface area contributed by atoms with Gasteiger partial charge in [0.05, 0.1) is 5.56 Å². The third-order valence-electron chi connectivity index (χ3n) is 3.82. The molecule has 1 fully saturated rings. The first-order valence-electron chi connectivity index (χ1n) is 7.47. The number of aryl methyl sites for hydroxylation is 1. The number of anilines is 2. The topological polar surface area (TPSA) is 88.3 Å². The standard InChI is InChI=1S/C16H18N4O2S/c1-10-4-5-13(20-6-2-3-7-20)11(8-10)15(22)19-16-18-12(9-23-16)14(17)21/h4-5,8-9H,2-3,6-7H2,1H3,(H2,17,21)(H,18,19,22). The molecule has 1 aliphatic rings. The zero-order valence-corrected chi connectivity index (χ0v) is 13.7. The lowest BCUT2D eigenvalue weighted by atomic mass is 10.1. The van der Waals surface area contributed by atoms with Gasteiger partial charge in [0, 0.05) is 24.2 Å². The molecule has 0 spiro atoms. The summed E-state index contributed by atoms with van der Waals surface area (Å²) in [4.78, 5) is 30.0. The van der Waals surface area contributed by atoms with Crippen LogP contribution in [0.3, 0.4) is 0 Å². The zero-order valence-electron chi connectivity index (χ0n) is 12.8. The van der Waals surface area contributed by atoms with E-state index in [9.17, 15) is 9.59 Å². The van der Waals surface area contributed by atoms with Crippen LogP contribution >= 0.6 is 11.3 Å². The number of amides is 2. The van der Waals surface area contributed by atoms with Crippen LogP contribution in [0, 0.1) is 6.92 Å². The number of carbonyl (C=O) groups excluding carboxylic acids is 2. The van der Waals surface area contributed by atoms with Crippen LogP contribution in [-0.4, -0.2) is 29.9 Å². The molecule has 2 heterocycles. The molecule has 3 N–H and O–H groups in total. The fourth-order valence-corrected chi connectivity index (χ4v) is 3.37. The monoisotopic (exact) mass is 330 g/mol. The Labute approximate surface area is 138 Å². The predicted octanol–water partition coefficient (Wildman–Crippen LogP) is 2.40. The van der Waals surface area contributed by atoms with Crippen molar-refractivity contribution >= 4 is 34.0 Å². The molecule has 2 aromatic rings. The summed E-state index contributed by atoms with van der Waals surface area (Å²) in [7, 11) is 0. The van der Waals surface area contributed by atoms with Gasteiger partial charge in [-0.3, -0.25) is 14.9 Å². The number of hydrogen-bond donors (Lipinski definition) is 2. The quantitative estimate of drug-likeness (QED) is 0.901. The van der Waals surface area contributed by atoms with Crippen molar-refractivity contribution in [3.8, 4) is 0 Å². The SMILES string of the molecule is Cc1ccc(N2CCCC2)c(C(=O)Nc2nc(C(N)=O)cs2)c1. The van der Waals surface area contributed by atoms with Crippen LogP contribution in [0.5, 0.6) is 0 Å². The van der Waals surface area contributed by atoms with E-state index in [1.165, 1.54) is 16.7 Å². The van der Waals surface area contributed by atoms with Gasteiger partial charge in [-0.2, -0.15) is 0 Å². The maximum atomic E-state index is 12.6. The van der Waals surface area contributed by atoms with E-state index in [0.717, 1.165) is 37.2 Å². The Hall–Kier alpha value is -2.41. The van der Waals surface area contributed by atoms with Gasteiger partial charge >= 0.3 is 0 Å². The summed E-state index contributed by atoms with van der Waals surface area (Å²) in [6.07, 6.45) is 2.28. The van der Waals surface area contributed by atoms with Crippen molar-refractivity contribution in [3.63, 3.8) is 0 Å². The van der Waals surface area contributed by atoms with E-state index in [1.54, 1.807) is 0 Å². The number of rotatable bonds is 4. The average molecular weight is 330 g/mol. The molecule has 0 bridgehead atoms. The molecule has 0 aliphatic carbocycles. The molecule has 0 atom stereocenters. The third-order valence-corrected chi connectivity index (χ3v) is 4.58. The van der Waals surface area contributed by atoms with Crippen molar-refractivity contribution in [1.29, 1.82) is 0 Å². The second-order valence-electron chi connectivity index (χ2n) is 5.57. The summed E-state index contributed by atoms with van der Waals surface area (Å²) in [6.45, 7) is 3.89. The fourth-order valence-electron chi connectivity index (χ4n) is 2.67. The molecule has 1 aromatic heterocycles. The molecule has 1 saturated heterocycles. The van der Waals surface area contributed by atoms with Crippen molar-refractivity contribution in [2.45, 2.75) is 19.8 Å². The lowest BCUT2D eigenvalue weighted by Gasteiger charge is -2.21. The van der Waals surface area contributed by atoms with Gasteiger partial charge in [0.25, 0.3) is 11.8 Å². The molecule has 120 valence electrons. The van der Waals surface area contributed by atoms with E-state index in [1.807, 2.05) is 25.1 Å². The fraction of sp³-hybridized carbons (Fsp3) is 0.312. The molecular formula is C16H18N4O2S. The van der Waals surface area contributed by atoms with Gasteiger partial charge in [0.2, 0.25) is 0 Å². The van der Waals surface area contributed by atoms with Gasteiger partial charge in [0.1, 0.15) is 5.69 Å². The van der Waals surface area contributed by atoms with Crippen LogP contribution in [0.25, 0.3) is 0 Å². The summed E-state index contributed by atoms with van der Waals surface area (Å²) in [5.74, 6) is -0.823. The molecule has 1 aromatic carbocycles. The highest BCUT2D eigenvalue weighted by atomic mass is 32.1. The molecule has 1 aliphatic heterocycles. The number of primary amides is 1. The van der Waals surface area contributed by atoms with Gasteiger partial charge in [-0.1, -0.05) is 11.6 Å². The maximum absolute atomic E-state index is 12.6. The Morgan fingerprint density at radius 1 is 1.30 bits per heavy atom. The number of benzene rings is 1. The van der Waals surface area contributed by atoms with Crippen molar-refractivity contribution in [2.75, 3.05) is 23.3 Å². The van der Waals surface area contributed by atoms with Crippen LogP contribution in [0.2, 0.25) is 0 Å². The molecule has 6 nitrogen and oxygen atoms in total. The summed E-state index contributed by atoms with van der Waals surface area (Å²) < 4.78 is 0. The lowest BCUT2D eigenvalue weighted by molar-refractivity contribution is 0.0992. The molecular weight excluding hydrogens is 312 g/mol. The van der Waals surface area contributed by atoms with Crippen LogP contribution < -0.4 is 16.0 Å². The molecule has 0 unspecified atom stereocenters. The summed E-state index contributed by atoms with van der Waals surface area (Å²) in [5, 5.41) is 4.67. The van der Waals surface area contributed by atoms with E-state index in [0.29, 0.717) is 10.7 Å². The van der Waals surface area contributed by atoms with E-state index < -0.39 is 5.91 Å². The second-order valence-corrected chi connectivity index (χ2v) is 6.43.